The summed E-state index contributed by atoms with van der Waals surface area (Å²) < 4.78 is 49.6. The molecule has 5 atom stereocenters. The molecule has 1 saturated heterocycles. The Bertz CT molecular complexity index is 481. The van der Waals surface area contributed by atoms with Crippen LogP contribution in [0.5, 0.6) is 0 Å². The van der Waals surface area contributed by atoms with Gasteiger partial charge in [0.15, 0.2) is 0 Å². The predicted octanol–water partition coefficient (Wildman–Crippen LogP) is 5.60. The Hall–Kier alpha value is -0.0100. The molecule has 0 radical (unpaired) electrons. The molecule has 1 fully saturated rings. The molecule has 0 aromatic rings. The van der Waals surface area contributed by atoms with Crippen LogP contribution in [0.4, 0.5) is 0 Å². The van der Waals surface area contributed by atoms with Crippen LogP contribution in [0.15, 0.2) is 0 Å². The van der Waals surface area contributed by atoms with Gasteiger partial charge in [-0.15, -0.1) is 0 Å². The Morgan fingerprint density at radius 2 is 1.16 bits per heavy atom. The average molecular weight is 467 g/mol. The molecule has 0 N–H and O–H groups in total. The van der Waals surface area contributed by atoms with Crippen LogP contribution < -0.4 is 0 Å². The molecule has 0 amide bonds. The van der Waals surface area contributed by atoms with E-state index < -0.39 is 13.7 Å². The van der Waals surface area contributed by atoms with E-state index in [1.807, 2.05) is 20.8 Å². The third-order valence-electron chi connectivity index (χ3n) is 5.35. The first-order valence-corrected chi connectivity index (χ1v) is 14.1. The van der Waals surface area contributed by atoms with Crippen molar-refractivity contribution in [2.75, 3.05) is 39.2 Å². The quantitative estimate of drug-likeness (QED) is 0.192. The maximum absolute atomic E-state index is 13.3. The molecular formula is C23H47O7P. The SMILES string of the molecule is CCCCO[C@@H]1[C@H](OCCCC)[C@H](C)O[C@H](CP(=O)(OCC)OCC)[C@H]1OCCCC. The van der Waals surface area contributed by atoms with E-state index in [-0.39, 0.29) is 30.6 Å². The van der Waals surface area contributed by atoms with Gasteiger partial charge in [-0.3, -0.25) is 4.57 Å². The summed E-state index contributed by atoms with van der Waals surface area (Å²) in [4.78, 5) is 0. The first kappa shape index (κ1) is 29.0. The minimum Gasteiger partial charge on any atom is -0.373 e. The topological polar surface area (TPSA) is 72.5 Å². The smallest absolute Gasteiger partial charge is 0.333 e. The highest BCUT2D eigenvalue weighted by molar-refractivity contribution is 7.53. The zero-order valence-corrected chi connectivity index (χ0v) is 21.6. The van der Waals surface area contributed by atoms with Crippen molar-refractivity contribution in [3.63, 3.8) is 0 Å². The summed E-state index contributed by atoms with van der Waals surface area (Å²) in [6.45, 7) is 14.6. The second-order valence-corrected chi connectivity index (χ2v) is 10.2. The molecule has 0 aromatic carbocycles. The lowest BCUT2D eigenvalue weighted by Gasteiger charge is -2.46. The summed E-state index contributed by atoms with van der Waals surface area (Å²) in [7, 11) is -3.30. The predicted molar refractivity (Wildman–Crippen MR) is 124 cm³/mol. The molecule has 186 valence electrons. The standard InChI is InChI=1S/C23H47O7P/c1-7-12-15-25-21-19(6)30-20(18-31(24,28-10-4)29-11-5)22(26-16-13-8-2)23(21)27-17-14-9-3/h19-23H,7-18H2,1-6H3/t19-,20+,21+,22+,23+/m0/s1. The Kier molecular flexibility index (Phi) is 15.5. The van der Waals surface area contributed by atoms with Gasteiger partial charge in [0.2, 0.25) is 0 Å². The number of hydrogen-bond donors (Lipinski definition) is 0. The van der Waals surface area contributed by atoms with Crippen LogP contribution in [0.3, 0.4) is 0 Å². The van der Waals surface area contributed by atoms with Gasteiger partial charge in [0, 0.05) is 19.8 Å². The molecule has 8 heteroatoms. The summed E-state index contributed by atoms with van der Waals surface area (Å²) in [6, 6.07) is 0. The molecule has 1 heterocycles. The van der Waals surface area contributed by atoms with Crippen LogP contribution in [0.25, 0.3) is 0 Å². The van der Waals surface area contributed by atoms with E-state index in [9.17, 15) is 4.57 Å². The second kappa shape index (κ2) is 16.6. The van der Waals surface area contributed by atoms with Gasteiger partial charge in [0.05, 0.1) is 31.6 Å². The monoisotopic (exact) mass is 466 g/mol. The normalized spacial score (nSPS) is 27.0. The first-order valence-electron chi connectivity index (χ1n) is 12.3. The molecule has 1 rings (SSSR count). The zero-order valence-electron chi connectivity index (χ0n) is 20.7. The van der Waals surface area contributed by atoms with Gasteiger partial charge in [0.25, 0.3) is 0 Å². The van der Waals surface area contributed by atoms with Crippen LogP contribution in [-0.2, 0) is 32.6 Å². The van der Waals surface area contributed by atoms with Crippen LogP contribution in [0, 0.1) is 0 Å². The summed E-state index contributed by atoms with van der Waals surface area (Å²) in [6.07, 6.45) is 4.61. The molecule has 0 spiro atoms. The van der Waals surface area contributed by atoms with E-state index in [2.05, 4.69) is 20.8 Å². The molecular weight excluding hydrogens is 419 g/mol. The van der Waals surface area contributed by atoms with Gasteiger partial charge in [-0.2, -0.15) is 0 Å². The Morgan fingerprint density at radius 3 is 1.61 bits per heavy atom. The number of unbranched alkanes of at least 4 members (excludes halogenated alkanes) is 3. The van der Waals surface area contributed by atoms with Crippen molar-refractivity contribution in [1.29, 1.82) is 0 Å². The van der Waals surface area contributed by atoms with Crippen molar-refractivity contribution < 1.29 is 32.6 Å². The van der Waals surface area contributed by atoms with Crippen molar-refractivity contribution in [1.82, 2.24) is 0 Å². The number of hydrogen-bond acceptors (Lipinski definition) is 7. The van der Waals surface area contributed by atoms with Crippen molar-refractivity contribution in [3.05, 3.63) is 0 Å². The lowest BCUT2D eigenvalue weighted by Crippen LogP contribution is -2.60. The second-order valence-electron chi connectivity index (χ2n) is 8.08. The Balaban J connectivity index is 3.11. The number of rotatable bonds is 18. The van der Waals surface area contributed by atoms with Gasteiger partial charge < -0.3 is 28.0 Å². The minimum atomic E-state index is -3.30. The van der Waals surface area contributed by atoms with Crippen LogP contribution in [0.2, 0.25) is 0 Å². The van der Waals surface area contributed by atoms with E-state index >= 15 is 0 Å². The molecule has 1 aliphatic heterocycles. The van der Waals surface area contributed by atoms with Gasteiger partial charge in [-0.1, -0.05) is 40.0 Å². The highest BCUT2D eigenvalue weighted by atomic mass is 31.2. The lowest BCUT2D eigenvalue weighted by atomic mass is 9.95. The highest BCUT2D eigenvalue weighted by Crippen LogP contribution is 2.50. The molecule has 1 aliphatic rings. The van der Waals surface area contributed by atoms with Crippen LogP contribution in [-0.4, -0.2) is 69.7 Å². The molecule has 0 bridgehead atoms. The molecule has 0 aromatic heterocycles. The average Bonchev–Trinajstić information content (AvgIpc) is 2.72. The molecule has 0 saturated carbocycles. The van der Waals surface area contributed by atoms with Gasteiger partial charge in [0.1, 0.15) is 18.3 Å². The summed E-state index contributed by atoms with van der Waals surface area (Å²) >= 11 is 0. The van der Waals surface area contributed by atoms with Crippen molar-refractivity contribution in [3.8, 4) is 0 Å². The first-order chi connectivity index (χ1) is 15.0. The third-order valence-corrected chi connectivity index (χ3v) is 7.46. The summed E-state index contributed by atoms with van der Waals surface area (Å²) in [5.74, 6) is 0. The van der Waals surface area contributed by atoms with Gasteiger partial charge >= 0.3 is 7.60 Å². The maximum atomic E-state index is 13.3. The van der Waals surface area contributed by atoms with Crippen molar-refractivity contribution in [2.24, 2.45) is 0 Å². The van der Waals surface area contributed by atoms with Crippen molar-refractivity contribution >= 4 is 7.60 Å². The van der Waals surface area contributed by atoms with Crippen LogP contribution >= 0.6 is 7.60 Å². The zero-order chi connectivity index (χ0) is 23.1. The molecule has 0 aliphatic carbocycles. The van der Waals surface area contributed by atoms with E-state index in [4.69, 9.17) is 28.0 Å². The van der Waals surface area contributed by atoms with E-state index in [0.29, 0.717) is 33.0 Å². The summed E-state index contributed by atoms with van der Waals surface area (Å²) in [5, 5.41) is 0. The number of ether oxygens (including phenoxy) is 4. The third kappa shape index (κ3) is 10.2. The maximum Gasteiger partial charge on any atom is 0.333 e. The Morgan fingerprint density at radius 1 is 0.710 bits per heavy atom. The lowest BCUT2D eigenvalue weighted by molar-refractivity contribution is -0.250. The minimum absolute atomic E-state index is 0.144. The molecule has 0 unspecified atom stereocenters. The molecule has 7 nitrogen and oxygen atoms in total. The highest BCUT2D eigenvalue weighted by Gasteiger charge is 2.49. The largest absolute Gasteiger partial charge is 0.373 e. The van der Waals surface area contributed by atoms with Crippen molar-refractivity contribution in [2.45, 2.75) is 111 Å². The summed E-state index contributed by atoms with van der Waals surface area (Å²) in [5.41, 5.74) is 0. The van der Waals surface area contributed by atoms with Gasteiger partial charge in [-0.05, 0) is 40.0 Å². The fourth-order valence-electron chi connectivity index (χ4n) is 3.71. The Labute approximate surface area is 190 Å². The van der Waals surface area contributed by atoms with E-state index in [1.54, 1.807) is 0 Å². The van der Waals surface area contributed by atoms with Crippen LogP contribution in [0.1, 0.15) is 80.1 Å². The fourth-order valence-corrected chi connectivity index (χ4v) is 5.52. The van der Waals surface area contributed by atoms with E-state index in [0.717, 1.165) is 38.5 Å². The van der Waals surface area contributed by atoms with Gasteiger partial charge in [-0.25, -0.2) is 0 Å². The fraction of sp³-hybridized carbons (Fsp3) is 1.00. The van der Waals surface area contributed by atoms with E-state index in [1.165, 1.54) is 0 Å². The molecule has 31 heavy (non-hydrogen) atoms.